The van der Waals surface area contributed by atoms with Crippen LogP contribution in [0.25, 0.3) is 0 Å². The van der Waals surface area contributed by atoms with Crippen molar-refractivity contribution in [3.8, 4) is 0 Å². The second kappa shape index (κ2) is 9.04. The van der Waals surface area contributed by atoms with Gasteiger partial charge in [0.1, 0.15) is 0 Å². The van der Waals surface area contributed by atoms with Crippen LogP contribution in [0, 0.1) is 0 Å². The highest BCUT2D eigenvalue weighted by molar-refractivity contribution is 7.92. The van der Waals surface area contributed by atoms with E-state index in [-0.39, 0.29) is 17.1 Å². The van der Waals surface area contributed by atoms with Crippen molar-refractivity contribution in [1.82, 2.24) is 10.3 Å². The number of carbonyl (C=O) groups is 1. The summed E-state index contributed by atoms with van der Waals surface area (Å²) < 4.78 is 64.9. The summed E-state index contributed by atoms with van der Waals surface area (Å²) in [7, 11) is -4.02. The first-order chi connectivity index (χ1) is 14.6. The van der Waals surface area contributed by atoms with Gasteiger partial charge in [0.2, 0.25) is 0 Å². The summed E-state index contributed by atoms with van der Waals surface area (Å²) in [6.07, 6.45) is -1.28. The molecule has 0 bridgehead atoms. The number of aromatic nitrogens is 1. The van der Waals surface area contributed by atoms with E-state index in [1.807, 2.05) is 0 Å². The number of pyridine rings is 1. The number of alkyl halides is 3. The van der Waals surface area contributed by atoms with Gasteiger partial charge in [0.15, 0.2) is 0 Å². The smallest absolute Gasteiger partial charge is 0.334 e. The normalized spacial score (nSPS) is 11.6. The van der Waals surface area contributed by atoms with Crippen molar-refractivity contribution < 1.29 is 26.4 Å². The molecule has 1 heterocycles. The third-order valence-corrected chi connectivity index (χ3v) is 5.46. The molecule has 2 amide bonds. The van der Waals surface area contributed by atoms with Crippen molar-refractivity contribution in [1.29, 1.82) is 0 Å². The Morgan fingerprint density at radius 1 is 0.935 bits per heavy atom. The molecular weight excluding hydrogens is 433 g/mol. The molecule has 0 aliphatic carbocycles. The largest absolute Gasteiger partial charge is 0.416 e. The van der Waals surface area contributed by atoms with Crippen LogP contribution in [0.4, 0.5) is 29.3 Å². The second-order valence-corrected chi connectivity index (χ2v) is 8.06. The highest BCUT2D eigenvalue weighted by atomic mass is 32.2. The van der Waals surface area contributed by atoms with Crippen molar-refractivity contribution in [2.24, 2.45) is 0 Å². The van der Waals surface area contributed by atoms with Crippen molar-refractivity contribution in [3.63, 3.8) is 0 Å². The zero-order valence-electron chi connectivity index (χ0n) is 15.8. The summed E-state index contributed by atoms with van der Waals surface area (Å²) in [5.74, 6) is 0. The lowest BCUT2D eigenvalue weighted by Crippen LogP contribution is -2.28. The molecule has 31 heavy (non-hydrogen) atoms. The van der Waals surface area contributed by atoms with Gasteiger partial charge in [-0.1, -0.05) is 6.07 Å². The van der Waals surface area contributed by atoms with E-state index in [1.165, 1.54) is 24.3 Å². The van der Waals surface area contributed by atoms with Gasteiger partial charge in [0.25, 0.3) is 10.0 Å². The molecular formula is C20H17F3N4O3S. The summed E-state index contributed by atoms with van der Waals surface area (Å²) >= 11 is 0. The molecule has 11 heteroatoms. The number of hydrogen-bond acceptors (Lipinski definition) is 4. The first-order valence-electron chi connectivity index (χ1n) is 8.87. The molecule has 0 spiro atoms. The van der Waals surface area contributed by atoms with E-state index in [0.717, 1.165) is 29.8 Å². The molecule has 162 valence electrons. The maximum atomic E-state index is 12.6. The minimum absolute atomic E-state index is 0.00928. The summed E-state index contributed by atoms with van der Waals surface area (Å²) in [6, 6.07) is 12.0. The first-order valence-corrected chi connectivity index (χ1v) is 10.4. The van der Waals surface area contributed by atoms with Gasteiger partial charge in [-0.2, -0.15) is 13.2 Å². The Bertz CT molecular complexity index is 1140. The molecule has 0 fully saturated rings. The first kappa shape index (κ1) is 22.1. The molecule has 0 unspecified atom stereocenters. The van der Waals surface area contributed by atoms with Crippen molar-refractivity contribution in [2.75, 3.05) is 10.0 Å². The standard InChI is InChI=1S/C20H17F3N4O3S/c21-20(22,23)15-3-5-17(6-4-15)27-31(29,30)18-9-7-16(8-10-18)26-19(28)25-13-14-2-1-11-24-12-14/h1-12,27H,13H2,(H2,25,26,28). The third-order valence-electron chi connectivity index (χ3n) is 4.06. The number of nitrogens with zero attached hydrogens (tertiary/aromatic N) is 1. The summed E-state index contributed by atoms with van der Waals surface area (Å²) in [5, 5.41) is 5.21. The van der Waals surface area contributed by atoms with Gasteiger partial charge in [-0.3, -0.25) is 9.71 Å². The molecule has 0 atom stereocenters. The molecule has 0 radical (unpaired) electrons. The van der Waals surface area contributed by atoms with E-state index < -0.39 is 27.8 Å². The minimum atomic E-state index is -4.51. The number of halogens is 3. The Morgan fingerprint density at radius 2 is 1.58 bits per heavy atom. The summed E-state index contributed by atoms with van der Waals surface area (Å²) in [4.78, 5) is 15.8. The highest BCUT2D eigenvalue weighted by Gasteiger charge is 2.30. The number of sulfonamides is 1. The van der Waals surface area contributed by atoms with Crippen LogP contribution in [0.5, 0.6) is 0 Å². The molecule has 7 nitrogen and oxygen atoms in total. The summed E-state index contributed by atoms with van der Waals surface area (Å²) in [5.41, 5.74) is 0.281. The van der Waals surface area contributed by atoms with Crippen molar-refractivity contribution >= 4 is 27.4 Å². The van der Waals surface area contributed by atoms with Gasteiger partial charge in [0, 0.05) is 30.3 Å². The number of rotatable bonds is 6. The fourth-order valence-corrected chi connectivity index (χ4v) is 3.58. The zero-order valence-corrected chi connectivity index (χ0v) is 16.7. The second-order valence-electron chi connectivity index (χ2n) is 6.37. The van der Waals surface area contributed by atoms with E-state index in [9.17, 15) is 26.4 Å². The molecule has 3 rings (SSSR count). The average Bonchev–Trinajstić information content (AvgIpc) is 2.73. The zero-order chi connectivity index (χ0) is 22.5. The Labute approximate surface area is 176 Å². The number of hydrogen-bond donors (Lipinski definition) is 3. The van der Waals surface area contributed by atoms with Gasteiger partial charge in [-0.25, -0.2) is 13.2 Å². The number of anilines is 2. The van der Waals surface area contributed by atoms with E-state index in [1.54, 1.807) is 24.5 Å². The lowest BCUT2D eigenvalue weighted by Gasteiger charge is -2.11. The van der Waals surface area contributed by atoms with Crippen LogP contribution in [0.15, 0.2) is 78.0 Å². The van der Waals surface area contributed by atoms with Crippen LogP contribution in [0.2, 0.25) is 0 Å². The topological polar surface area (TPSA) is 100 Å². The Balaban J connectivity index is 1.60. The van der Waals surface area contributed by atoms with Crippen molar-refractivity contribution in [3.05, 3.63) is 84.2 Å². The number of benzene rings is 2. The number of nitrogens with one attached hydrogen (secondary N) is 3. The fraction of sp³-hybridized carbons (Fsp3) is 0.100. The summed E-state index contributed by atoms with van der Waals surface area (Å²) in [6.45, 7) is 0.267. The van der Waals surface area contributed by atoms with E-state index in [2.05, 4.69) is 20.3 Å². The van der Waals surface area contributed by atoms with Gasteiger partial charge < -0.3 is 10.6 Å². The van der Waals surface area contributed by atoms with Crippen molar-refractivity contribution in [2.45, 2.75) is 17.6 Å². The maximum absolute atomic E-state index is 12.6. The van der Waals surface area contributed by atoms with E-state index >= 15 is 0 Å². The third kappa shape index (κ3) is 6.19. The molecule has 2 aromatic carbocycles. The van der Waals surface area contributed by atoms with E-state index in [4.69, 9.17) is 0 Å². The average molecular weight is 450 g/mol. The van der Waals surface area contributed by atoms with E-state index in [0.29, 0.717) is 5.69 Å². The Kier molecular flexibility index (Phi) is 6.44. The minimum Gasteiger partial charge on any atom is -0.334 e. The van der Waals surface area contributed by atoms with Crippen LogP contribution >= 0.6 is 0 Å². The predicted octanol–water partition coefficient (Wildman–Crippen LogP) is 4.22. The maximum Gasteiger partial charge on any atom is 0.416 e. The monoisotopic (exact) mass is 450 g/mol. The highest BCUT2D eigenvalue weighted by Crippen LogP contribution is 2.30. The molecule has 1 aromatic heterocycles. The number of urea groups is 1. The molecule has 0 saturated heterocycles. The fourth-order valence-electron chi connectivity index (χ4n) is 2.52. The van der Waals surface area contributed by atoms with Gasteiger partial charge in [-0.15, -0.1) is 0 Å². The van der Waals surface area contributed by atoms with Gasteiger partial charge in [0.05, 0.1) is 10.5 Å². The van der Waals surface area contributed by atoms with Gasteiger partial charge in [-0.05, 0) is 60.2 Å². The van der Waals surface area contributed by atoms with Crippen LogP contribution in [-0.2, 0) is 22.7 Å². The quantitative estimate of drug-likeness (QED) is 0.523. The lowest BCUT2D eigenvalue weighted by molar-refractivity contribution is -0.137. The van der Waals surface area contributed by atoms with Crippen LogP contribution < -0.4 is 15.4 Å². The molecule has 0 saturated carbocycles. The SMILES string of the molecule is O=C(NCc1cccnc1)Nc1ccc(S(=O)(=O)Nc2ccc(C(F)(F)F)cc2)cc1. The molecule has 0 aliphatic heterocycles. The van der Waals surface area contributed by atoms with Gasteiger partial charge >= 0.3 is 12.2 Å². The van der Waals surface area contributed by atoms with Crippen LogP contribution in [0.1, 0.15) is 11.1 Å². The predicted molar refractivity (Wildman–Crippen MR) is 109 cm³/mol. The number of amides is 2. The lowest BCUT2D eigenvalue weighted by atomic mass is 10.2. The molecule has 0 aliphatic rings. The van der Waals surface area contributed by atoms with Crippen LogP contribution in [0.3, 0.4) is 0 Å². The Morgan fingerprint density at radius 3 is 2.16 bits per heavy atom. The molecule has 3 aromatic rings. The Hall–Kier alpha value is -3.60. The van der Waals surface area contributed by atoms with Crippen LogP contribution in [-0.4, -0.2) is 19.4 Å². The molecule has 3 N–H and O–H groups in total. The number of carbonyl (C=O) groups excluding carboxylic acids is 1.